The summed E-state index contributed by atoms with van der Waals surface area (Å²) in [6.07, 6.45) is 10.0. The zero-order chi connectivity index (χ0) is 26.2. The second kappa shape index (κ2) is 10.6. The number of likely N-dealkylation sites (tertiary alicyclic amines) is 1. The van der Waals surface area contributed by atoms with Crippen LogP contribution in [0.2, 0.25) is 0 Å². The van der Waals surface area contributed by atoms with Crippen LogP contribution in [0.1, 0.15) is 39.0 Å². The molecule has 2 aromatic heterocycles. The maximum atomic E-state index is 15.0. The number of ether oxygens (including phenoxy) is 1. The van der Waals surface area contributed by atoms with Crippen LogP contribution < -0.4 is 10.6 Å². The van der Waals surface area contributed by atoms with Gasteiger partial charge in [-0.3, -0.25) is 14.7 Å². The van der Waals surface area contributed by atoms with Gasteiger partial charge < -0.3 is 19.9 Å². The molecule has 1 saturated carbocycles. The van der Waals surface area contributed by atoms with E-state index in [-0.39, 0.29) is 30.0 Å². The van der Waals surface area contributed by atoms with E-state index in [1.54, 1.807) is 24.8 Å². The minimum Gasteiger partial charge on any atom is -0.380 e. The van der Waals surface area contributed by atoms with Crippen molar-refractivity contribution in [2.45, 2.75) is 69.5 Å². The molecule has 10 heteroatoms. The first-order valence-corrected chi connectivity index (χ1v) is 13.5. The molecular formula is C28H34F2N6O2. The minimum absolute atomic E-state index is 0.160. The lowest BCUT2D eigenvalue weighted by atomic mass is 9.94. The van der Waals surface area contributed by atoms with Gasteiger partial charge in [0.15, 0.2) is 0 Å². The highest BCUT2D eigenvalue weighted by Gasteiger charge is 2.34. The summed E-state index contributed by atoms with van der Waals surface area (Å²) in [6.45, 7) is 4.57. The molecule has 0 bridgehead atoms. The molecule has 2 aliphatic carbocycles. The van der Waals surface area contributed by atoms with E-state index >= 15 is 4.39 Å². The highest BCUT2D eigenvalue weighted by atomic mass is 19.1. The van der Waals surface area contributed by atoms with E-state index < -0.39 is 12.3 Å². The number of carbonyl (C=O) groups excluding carboxylic acids is 1. The molecule has 4 heterocycles. The van der Waals surface area contributed by atoms with Gasteiger partial charge >= 0.3 is 0 Å². The average molecular weight is 525 g/mol. The summed E-state index contributed by atoms with van der Waals surface area (Å²) in [6, 6.07) is 2.14. The van der Waals surface area contributed by atoms with Crippen LogP contribution in [0.5, 0.6) is 0 Å². The fourth-order valence-corrected chi connectivity index (χ4v) is 5.55. The molecule has 1 amide bonds. The third kappa shape index (κ3) is 5.37. The third-order valence-corrected chi connectivity index (χ3v) is 7.97. The zero-order valence-electron chi connectivity index (χ0n) is 21.6. The van der Waals surface area contributed by atoms with Crippen molar-refractivity contribution in [3.63, 3.8) is 0 Å². The molecule has 0 aromatic carbocycles. The zero-order valence-corrected chi connectivity index (χ0v) is 21.6. The quantitative estimate of drug-likeness (QED) is 0.574. The lowest BCUT2D eigenvalue weighted by Gasteiger charge is -2.38. The lowest BCUT2D eigenvalue weighted by Crippen LogP contribution is -2.51. The molecule has 2 aromatic rings. The summed E-state index contributed by atoms with van der Waals surface area (Å²) in [5, 5.41) is 6.22. The molecule has 2 unspecified atom stereocenters. The SMILES string of the molecule is CC1=C(n2cnc(-c3cncc(N[C@H]4CCN(C5CCOC5)C[C@H]4F)c3)c2)C=C(C(=O)NC2CC2)C(F)C1. The second-order valence-electron chi connectivity index (χ2n) is 10.9. The number of hydrogen-bond acceptors (Lipinski definition) is 6. The molecule has 3 fully saturated rings. The number of alkyl halides is 2. The van der Waals surface area contributed by atoms with E-state index in [1.807, 2.05) is 23.8 Å². The van der Waals surface area contributed by atoms with Gasteiger partial charge in [-0.25, -0.2) is 13.8 Å². The molecule has 6 rings (SSSR count). The number of carbonyl (C=O) groups is 1. The van der Waals surface area contributed by atoms with E-state index in [1.165, 1.54) is 0 Å². The first-order chi connectivity index (χ1) is 18.4. The van der Waals surface area contributed by atoms with Gasteiger partial charge in [-0.15, -0.1) is 0 Å². The van der Waals surface area contributed by atoms with E-state index in [0.29, 0.717) is 31.3 Å². The van der Waals surface area contributed by atoms with Gasteiger partial charge in [-0.05, 0) is 50.3 Å². The number of nitrogens with one attached hydrogen (secondary N) is 2. The molecular weight excluding hydrogens is 490 g/mol. The molecule has 4 atom stereocenters. The van der Waals surface area contributed by atoms with Crippen molar-refractivity contribution in [1.29, 1.82) is 0 Å². The Morgan fingerprint density at radius 1 is 1.18 bits per heavy atom. The summed E-state index contributed by atoms with van der Waals surface area (Å²) >= 11 is 0. The molecule has 38 heavy (non-hydrogen) atoms. The first kappa shape index (κ1) is 25.2. The Bertz CT molecular complexity index is 1250. The van der Waals surface area contributed by atoms with Crippen molar-refractivity contribution in [1.82, 2.24) is 24.8 Å². The molecule has 0 spiro atoms. The van der Waals surface area contributed by atoms with Gasteiger partial charge in [0, 0.05) is 68.1 Å². The summed E-state index contributed by atoms with van der Waals surface area (Å²) in [5.74, 6) is -0.332. The molecule has 202 valence electrons. The van der Waals surface area contributed by atoms with Crippen molar-refractivity contribution in [2.24, 2.45) is 0 Å². The highest BCUT2D eigenvalue weighted by Crippen LogP contribution is 2.32. The van der Waals surface area contributed by atoms with Gasteiger partial charge in [0.25, 0.3) is 0 Å². The van der Waals surface area contributed by atoms with Gasteiger partial charge in [-0.1, -0.05) is 0 Å². The number of anilines is 1. The smallest absolute Gasteiger partial charge is 0.250 e. The number of allylic oxidation sites excluding steroid dienone is 3. The third-order valence-electron chi connectivity index (χ3n) is 7.97. The molecule has 2 aliphatic heterocycles. The van der Waals surface area contributed by atoms with Gasteiger partial charge in [0.2, 0.25) is 5.91 Å². The number of halogens is 2. The number of nitrogens with zero attached hydrogens (tertiary/aromatic N) is 4. The van der Waals surface area contributed by atoms with E-state index in [0.717, 1.165) is 54.9 Å². The molecule has 2 saturated heterocycles. The average Bonchev–Trinajstić information content (AvgIpc) is 3.34. The van der Waals surface area contributed by atoms with Crippen LogP contribution in [0.15, 0.2) is 48.2 Å². The number of piperidine rings is 1. The molecule has 2 N–H and O–H groups in total. The fraction of sp³-hybridized carbons (Fsp3) is 0.536. The Labute approximate surface area is 221 Å². The topological polar surface area (TPSA) is 84.3 Å². The van der Waals surface area contributed by atoms with Crippen molar-refractivity contribution in [2.75, 3.05) is 31.6 Å². The predicted octanol–water partition coefficient (Wildman–Crippen LogP) is 3.74. The van der Waals surface area contributed by atoms with Crippen LogP contribution in [-0.4, -0.2) is 82.1 Å². The van der Waals surface area contributed by atoms with Crippen molar-refractivity contribution in [3.8, 4) is 11.3 Å². The van der Waals surface area contributed by atoms with E-state index in [4.69, 9.17) is 4.74 Å². The monoisotopic (exact) mass is 524 g/mol. The summed E-state index contributed by atoms with van der Waals surface area (Å²) in [7, 11) is 0. The van der Waals surface area contributed by atoms with Crippen molar-refractivity contribution < 1.29 is 18.3 Å². The Morgan fingerprint density at radius 3 is 2.82 bits per heavy atom. The van der Waals surface area contributed by atoms with Crippen molar-refractivity contribution in [3.05, 3.63) is 48.2 Å². The minimum atomic E-state index is -1.31. The number of pyridine rings is 1. The van der Waals surface area contributed by atoms with Crippen LogP contribution in [0, 0.1) is 0 Å². The molecule has 0 radical (unpaired) electrons. The van der Waals surface area contributed by atoms with E-state index in [9.17, 15) is 9.18 Å². The van der Waals surface area contributed by atoms with Crippen LogP contribution in [-0.2, 0) is 9.53 Å². The summed E-state index contributed by atoms with van der Waals surface area (Å²) in [4.78, 5) is 23.7. The fourth-order valence-electron chi connectivity index (χ4n) is 5.55. The second-order valence-corrected chi connectivity index (χ2v) is 10.9. The Morgan fingerprint density at radius 2 is 2.05 bits per heavy atom. The molecule has 4 aliphatic rings. The van der Waals surface area contributed by atoms with Crippen LogP contribution >= 0.6 is 0 Å². The summed E-state index contributed by atoms with van der Waals surface area (Å²) in [5.41, 5.74) is 3.98. The predicted molar refractivity (Wildman–Crippen MR) is 141 cm³/mol. The number of amides is 1. The number of aromatic nitrogens is 3. The number of rotatable bonds is 7. The lowest BCUT2D eigenvalue weighted by molar-refractivity contribution is -0.118. The van der Waals surface area contributed by atoms with Gasteiger partial charge in [0.1, 0.15) is 12.3 Å². The van der Waals surface area contributed by atoms with Crippen LogP contribution in [0.3, 0.4) is 0 Å². The summed E-state index contributed by atoms with van der Waals surface area (Å²) < 4.78 is 37.0. The standard InChI is InChI=1S/C28H34F2N6O2/c1-17-8-23(29)22(28(37)34-19-2-3-19)10-27(17)36-14-26(32-16-36)18-9-20(12-31-11-18)33-25-4-6-35(13-24(25)30)21-5-7-38-15-21/h9-12,14,16,19,21,23-25,33H,2-8,13,15H2,1H3,(H,34,37)/t21?,23?,24-,25+/m1/s1. The largest absolute Gasteiger partial charge is 0.380 e. The van der Waals surface area contributed by atoms with E-state index in [2.05, 4.69) is 25.5 Å². The van der Waals surface area contributed by atoms with Crippen LogP contribution in [0.4, 0.5) is 14.5 Å². The van der Waals surface area contributed by atoms with Gasteiger partial charge in [-0.2, -0.15) is 0 Å². The molecule has 8 nitrogen and oxygen atoms in total. The van der Waals surface area contributed by atoms with Crippen LogP contribution in [0.25, 0.3) is 17.0 Å². The normalized spacial score (nSPS) is 28.3. The first-order valence-electron chi connectivity index (χ1n) is 13.5. The number of imidazole rings is 1. The van der Waals surface area contributed by atoms with Gasteiger partial charge in [0.05, 0.1) is 35.9 Å². The Kier molecular flexibility index (Phi) is 7.01. The maximum absolute atomic E-state index is 15.0. The Hall–Kier alpha value is -3.11. The number of hydrogen-bond donors (Lipinski definition) is 2. The Balaban J connectivity index is 1.14. The maximum Gasteiger partial charge on any atom is 0.250 e. The highest BCUT2D eigenvalue weighted by molar-refractivity contribution is 5.97. The van der Waals surface area contributed by atoms with Crippen molar-refractivity contribution >= 4 is 17.3 Å².